The highest BCUT2D eigenvalue weighted by atomic mass is 32.2. The van der Waals surface area contributed by atoms with Crippen LogP contribution in [0.2, 0.25) is 0 Å². The first kappa shape index (κ1) is 17.5. The SMILES string of the molecule is Cc1nc(SC(C)C(=O)N2c3ccccc3NC(=O)C2(C)C)oc1C. The van der Waals surface area contributed by atoms with E-state index in [2.05, 4.69) is 10.3 Å². The number of oxazole rings is 1. The van der Waals surface area contributed by atoms with Gasteiger partial charge in [-0.05, 0) is 46.8 Å². The van der Waals surface area contributed by atoms with Gasteiger partial charge in [-0.2, -0.15) is 0 Å². The first-order valence-corrected chi connectivity index (χ1v) is 8.95. The summed E-state index contributed by atoms with van der Waals surface area (Å²) in [6.07, 6.45) is 0. The van der Waals surface area contributed by atoms with E-state index in [-0.39, 0.29) is 11.8 Å². The van der Waals surface area contributed by atoms with Gasteiger partial charge in [-0.1, -0.05) is 23.9 Å². The highest BCUT2D eigenvalue weighted by Crippen LogP contribution is 2.38. The Hall–Kier alpha value is -2.28. The molecule has 1 atom stereocenters. The number of aryl methyl sites for hydroxylation is 2. The Labute approximate surface area is 151 Å². The second kappa shape index (κ2) is 6.22. The van der Waals surface area contributed by atoms with Gasteiger partial charge < -0.3 is 9.73 Å². The van der Waals surface area contributed by atoms with Crippen LogP contribution in [0.25, 0.3) is 0 Å². The van der Waals surface area contributed by atoms with E-state index in [0.29, 0.717) is 16.6 Å². The van der Waals surface area contributed by atoms with E-state index in [1.54, 1.807) is 31.7 Å². The zero-order valence-corrected chi connectivity index (χ0v) is 15.7. The van der Waals surface area contributed by atoms with Crippen molar-refractivity contribution in [2.75, 3.05) is 10.2 Å². The Balaban J connectivity index is 1.92. The van der Waals surface area contributed by atoms with Crippen molar-refractivity contribution in [2.24, 2.45) is 0 Å². The lowest BCUT2D eigenvalue weighted by Gasteiger charge is -2.42. The van der Waals surface area contributed by atoms with Crippen LogP contribution in [-0.4, -0.2) is 27.6 Å². The number of anilines is 2. The van der Waals surface area contributed by atoms with Crippen molar-refractivity contribution in [1.29, 1.82) is 0 Å². The summed E-state index contributed by atoms with van der Waals surface area (Å²) in [4.78, 5) is 31.5. The number of nitrogens with one attached hydrogen (secondary N) is 1. The highest BCUT2D eigenvalue weighted by molar-refractivity contribution is 8.00. The van der Waals surface area contributed by atoms with Gasteiger partial charge in [0.25, 0.3) is 5.22 Å². The molecule has 1 aromatic carbocycles. The molecule has 6 nitrogen and oxygen atoms in total. The predicted molar refractivity (Wildman–Crippen MR) is 97.9 cm³/mol. The number of amides is 2. The lowest BCUT2D eigenvalue weighted by molar-refractivity contribution is -0.126. The van der Waals surface area contributed by atoms with Crippen LogP contribution in [0.4, 0.5) is 11.4 Å². The van der Waals surface area contributed by atoms with Gasteiger partial charge in [-0.25, -0.2) is 4.98 Å². The van der Waals surface area contributed by atoms with E-state index in [9.17, 15) is 9.59 Å². The third kappa shape index (κ3) is 3.04. The number of thioether (sulfide) groups is 1. The molecule has 2 heterocycles. The standard InChI is InChI=1S/C18H21N3O3S/c1-10-11(2)24-17(19-10)25-12(3)15(22)21-14-9-7-6-8-13(14)20-16(23)18(21,4)5/h6-9,12H,1-5H3,(H,20,23). The Morgan fingerprint density at radius 1 is 1.32 bits per heavy atom. The summed E-state index contributed by atoms with van der Waals surface area (Å²) in [7, 11) is 0. The molecule has 0 spiro atoms. The Bertz CT molecular complexity index is 824. The van der Waals surface area contributed by atoms with E-state index in [0.717, 1.165) is 11.5 Å². The fourth-order valence-electron chi connectivity index (χ4n) is 2.72. The summed E-state index contributed by atoms with van der Waals surface area (Å²) < 4.78 is 5.57. The van der Waals surface area contributed by atoms with E-state index in [1.165, 1.54) is 11.8 Å². The third-order valence-corrected chi connectivity index (χ3v) is 5.29. The van der Waals surface area contributed by atoms with Gasteiger partial charge in [0.05, 0.1) is 22.3 Å². The molecular weight excluding hydrogens is 338 g/mol. The minimum atomic E-state index is -0.983. The molecule has 1 aliphatic rings. The topological polar surface area (TPSA) is 75.4 Å². The van der Waals surface area contributed by atoms with Crippen LogP contribution < -0.4 is 10.2 Å². The molecule has 3 rings (SSSR count). The second-order valence-electron chi connectivity index (χ2n) is 6.59. The summed E-state index contributed by atoms with van der Waals surface area (Å²) in [6.45, 7) is 8.99. The summed E-state index contributed by atoms with van der Waals surface area (Å²) >= 11 is 1.26. The van der Waals surface area contributed by atoms with Crippen molar-refractivity contribution < 1.29 is 14.0 Å². The maximum Gasteiger partial charge on any atom is 0.256 e. The number of aromatic nitrogens is 1. The minimum absolute atomic E-state index is 0.161. The number of hydrogen-bond donors (Lipinski definition) is 1. The van der Waals surface area contributed by atoms with Gasteiger partial charge >= 0.3 is 0 Å². The third-order valence-electron chi connectivity index (χ3n) is 4.36. The first-order valence-electron chi connectivity index (χ1n) is 8.07. The number of fused-ring (bicyclic) bond motifs is 1. The zero-order chi connectivity index (χ0) is 18.4. The van der Waals surface area contributed by atoms with Crippen LogP contribution in [0, 0.1) is 13.8 Å². The average molecular weight is 359 g/mol. The van der Waals surface area contributed by atoms with E-state index in [4.69, 9.17) is 4.42 Å². The van der Waals surface area contributed by atoms with Crippen molar-refractivity contribution >= 4 is 35.0 Å². The van der Waals surface area contributed by atoms with Gasteiger partial charge in [0.15, 0.2) is 0 Å². The number of para-hydroxylation sites is 2. The van der Waals surface area contributed by atoms with Crippen LogP contribution in [0.5, 0.6) is 0 Å². The summed E-state index contributed by atoms with van der Waals surface area (Å²) in [5.74, 6) is 0.371. The maximum atomic E-state index is 13.2. The largest absolute Gasteiger partial charge is 0.437 e. The molecule has 25 heavy (non-hydrogen) atoms. The van der Waals surface area contributed by atoms with Gasteiger partial charge in [-0.3, -0.25) is 14.5 Å². The van der Waals surface area contributed by atoms with Gasteiger partial charge in [0.1, 0.15) is 11.3 Å². The molecular formula is C18H21N3O3S. The Morgan fingerprint density at radius 2 is 2.00 bits per heavy atom. The Morgan fingerprint density at radius 3 is 2.64 bits per heavy atom. The molecule has 1 unspecified atom stereocenters. The van der Waals surface area contributed by atoms with Crippen LogP contribution in [0.15, 0.2) is 33.9 Å². The summed E-state index contributed by atoms with van der Waals surface area (Å²) in [5.41, 5.74) is 1.16. The molecule has 2 amide bonds. The molecule has 7 heteroatoms. The lowest BCUT2D eigenvalue weighted by atomic mass is 9.96. The van der Waals surface area contributed by atoms with Gasteiger partial charge in [-0.15, -0.1) is 0 Å². The first-order chi connectivity index (χ1) is 11.7. The number of hydrogen-bond acceptors (Lipinski definition) is 5. The predicted octanol–water partition coefficient (Wildman–Crippen LogP) is 3.54. The Kier molecular flexibility index (Phi) is 4.36. The van der Waals surface area contributed by atoms with Crippen LogP contribution in [-0.2, 0) is 9.59 Å². The van der Waals surface area contributed by atoms with Crippen molar-refractivity contribution in [1.82, 2.24) is 4.98 Å². The number of nitrogens with zero attached hydrogens (tertiary/aromatic N) is 2. The van der Waals surface area contributed by atoms with Crippen molar-refractivity contribution in [3.05, 3.63) is 35.7 Å². The fraction of sp³-hybridized carbons (Fsp3) is 0.389. The molecule has 1 aliphatic heterocycles. The normalized spacial score (nSPS) is 17.0. The summed E-state index contributed by atoms with van der Waals surface area (Å²) in [5, 5.41) is 2.88. The van der Waals surface area contributed by atoms with Crippen molar-refractivity contribution in [2.45, 2.75) is 50.6 Å². The number of benzene rings is 1. The molecule has 0 bridgehead atoms. The molecule has 0 aliphatic carbocycles. The maximum absolute atomic E-state index is 13.2. The van der Waals surface area contributed by atoms with E-state index in [1.807, 2.05) is 32.0 Å². The van der Waals surface area contributed by atoms with E-state index >= 15 is 0 Å². The van der Waals surface area contributed by atoms with Crippen LogP contribution in [0.1, 0.15) is 32.2 Å². The van der Waals surface area contributed by atoms with Crippen LogP contribution >= 0.6 is 11.8 Å². The van der Waals surface area contributed by atoms with E-state index < -0.39 is 10.8 Å². The molecule has 0 fully saturated rings. The second-order valence-corrected chi connectivity index (χ2v) is 7.88. The minimum Gasteiger partial charge on any atom is -0.437 e. The fourth-order valence-corrected chi connectivity index (χ4v) is 3.60. The smallest absolute Gasteiger partial charge is 0.256 e. The molecule has 132 valence electrons. The molecule has 0 saturated heterocycles. The van der Waals surface area contributed by atoms with Crippen molar-refractivity contribution in [3.63, 3.8) is 0 Å². The zero-order valence-electron chi connectivity index (χ0n) is 14.9. The summed E-state index contributed by atoms with van der Waals surface area (Å²) in [6, 6.07) is 7.31. The molecule has 0 radical (unpaired) electrons. The number of rotatable bonds is 3. The highest BCUT2D eigenvalue weighted by Gasteiger charge is 2.44. The molecule has 0 saturated carbocycles. The average Bonchev–Trinajstić information content (AvgIpc) is 2.85. The monoisotopic (exact) mass is 359 g/mol. The quantitative estimate of drug-likeness (QED) is 0.849. The lowest BCUT2D eigenvalue weighted by Crippen LogP contribution is -2.60. The number of carbonyl (C=O) groups excluding carboxylic acids is 2. The van der Waals surface area contributed by atoms with Crippen LogP contribution in [0.3, 0.4) is 0 Å². The molecule has 1 aromatic heterocycles. The van der Waals surface area contributed by atoms with Gasteiger partial charge in [0.2, 0.25) is 11.8 Å². The number of carbonyl (C=O) groups is 2. The van der Waals surface area contributed by atoms with Gasteiger partial charge in [0, 0.05) is 0 Å². The van der Waals surface area contributed by atoms with Crippen molar-refractivity contribution in [3.8, 4) is 0 Å². The molecule has 1 N–H and O–H groups in total. The molecule has 2 aromatic rings.